The van der Waals surface area contributed by atoms with Crippen LogP contribution in [-0.2, 0) is 10.3 Å². The number of rotatable bonds is 7. The van der Waals surface area contributed by atoms with Crippen LogP contribution < -0.4 is 16.0 Å². The molecule has 1 saturated carbocycles. The Kier molecular flexibility index (Phi) is 6.33. The number of alkyl halides is 3. The predicted octanol–water partition coefficient (Wildman–Crippen LogP) is 4.56. The van der Waals surface area contributed by atoms with Gasteiger partial charge in [0, 0.05) is 35.2 Å². The third kappa shape index (κ3) is 5.48. The van der Waals surface area contributed by atoms with Gasteiger partial charge in [0.2, 0.25) is 5.91 Å². The van der Waals surface area contributed by atoms with Gasteiger partial charge in [-0.15, -0.1) is 0 Å². The number of hydrogen-bond donors (Lipinski definition) is 3. The van der Waals surface area contributed by atoms with E-state index in [-0.39, 0.29) is 11.9 Å². The molecule has 12 heteroatoms. The molecule has 198 valence electrons. The molecule has 0 saturated heterocycles. The van der Waals surface area contributed by atoms with Crippen LogP contribution in [0.5, 0.6) is 0 Å². The van der Waals surface area contributed by atoms with Crippen LogP contribution >= 0.6 is 0 Å². The van der Waals surface area contributed by atoms with E-state index >= 15 is 0 Å². The summed E-state index contributed by atoms with van der Waals surface area (Å²) in [5, 5.41) is 11.7. The summed E-state index contributed by atoms with van der Waals surface area (Å²) in [5.74, 6) is -0.0717. The van der Waals surface area contributed by atoms with Crippen molar-refractivity contribution in [1.82, 2.24) is 29.8 Å². The van der Waals surface area contributed by atoms with E-state index in [4.69, 9.17) is 0 Å². The van der Waals surface area contributed by atoms with Crippen molar-refractivity contribution in [3.8, 4) is 22.4 Å². The number of amides is 3. The number of carbonyl (C=O) groups excluding carboxylic acids is 2. The van der Waals surface area contributed by atoms with E-state index in [0.29, 0.717) is 11.3 Å². The molecule has 0 radical (unpaired) electrons. The molecule has 3 aromatic heterocycles. The van der Waals surface area contributed by atoms with Crippen LogP contribution in [0.1, 0.15) is 26.7 Å². The minimum Gasteiger partial charge on any atom is -0.351 e. The molecule has 0 aliphatic heterocycles. The third-order valence-corrected chi connectivity index (χ3v) is 6.34. The van der Waals surface area contributed by atoms with Crippen LogP contribution in [0.2, 0.25) is 0 Å². The Hall–Kier alpha value is -4.35. The fourth-order valence-corrected chi connectivity index (χ4v) is 3.96. The number of anilines is 1. The van der Waals surface area contributed by atoms with Gasteiger partial charge < -0.3 is 16.0 Å². The highest BCUT2D eigenvalue weighted by molar-refractivity contribution is 5.90. The molecule has 0 atom stereocenters. The SMILES string of the molecule is CC(C)(C(=O)NC1CC1)n1cc(-c2ccn3c(-c4cccc(NC(=O)NCC(F)(F)F)c4)cnc3c2)cn1. The Morgan fingerprint density at radius 3 is 2.58 bits per heavy atom. The number of urea groups is 1. The number of halogens is 3. The molecular formula is C26H26F3N7O2. The molecule has 1 aliphatic carbocycles. The summed E-state index contributed by atoms with van der Waals surface area (Å²) in [6.07, 6.45) is 4.60. The van der Waals surface area contributed by atoms with Gasteiger partial charge in [0.1, 0.15) is 17.7 Å². The number of hydrogen-bond acceptors (Lipinski definition) is 4. The molecule has 1 aliphatic rings. The number of pyridine rings is 1. The Morgan fingerprint density at radius 2 is 1.84 bits per heavy atom. The van der Waals surface area contributed by atoms with E-state index in [2.05, 4.69) is 20.7 Å². The highest BCUT2D eigenvalue weighted by Crippen LogP contribution is 2.28. The second-order valence-electron chi connectivity index (χ2n) is 9.77. The normalized spacial score (nSPS) is 13.9. The quantitative estimate of drug-likeness (QED) is 0.329. The molecular weight excluding hydrogens is 499 g/mol. The fourth-order valence-electron chi connectivity index (χ4n) is 3.96. The lowest BCUT2D eigenvalue weighted by Gasteiger charge is -2.24. The maximum atomic E-state index is 12.7. The standard InChI is InChI=1S/C26H26F3N7O2/c1-25(2,23(37)33-19-6-7-19)36-14-18(12-32-36)16-8-9-35-21(13-30-22(35)11-16)17-4-3-5-20(10-17)34-24(38)31-15-26(27,28)29/h3-5,8-14,19H,6-7,15H2,1-2H3,(H,33,37)(H2,31,34,38). The van der Waals surface area contributed by atoms with Crippen molar-refractivity contribution in [2.45, 2.75) is 44.4 Å². The Balaban J connectivity index is 1.34. The number of carbonyl (C=O) groups is 2. The molecule has 3 amide bonds. The maximum absolute atomic E-state index is 12.7. The van der Waals surface area contributed by atoms with E-state index in [0.717, 1.165) is 35.2 Å². The zero-order chi connectivity index (χ0) is 27.1. The Morgan fingerprint density at radius 1 is 1.05 bits per heavy atom. The number of benzene rings is 1. The van der Waals surface area contributed by atoms with Gasteiger partial charge in [-0.25, -0.2) is 9.78 Å². The molecule has 9 nitrogen and oxygen atoms in total. The van der Waals surface area contributed by atoms with Crippen LogP contribution in [0.15, 0.2) is 61.2 Å². The highest BCUT2D eigenvalue weighted by Gasteiger charge is 2.35. The molecule has 3 heterocycles. The average molecular weight is 526 g/mol. The summed E-state index contributed by atoms with van der Waals surface area (Å²) in [6, 6.07) is 9.87. The Labute approximate surface area is 216 Å². The lowest BCUT2D eigenvalue weighted by molar-refractivity contribution is -0.129. The van der Waals surface area contributed by atoms with E-state index in [1.807, 2.05) is 48.8 Å². The average Bonchev–Trinajstić information content (AvgIpc) is 3.37. The summed E-state index contributed by atoms with van der Waals surface area (Å²) in [6.45, 7) is 2.24. The molecule has 0 spiro atoms. The largest absolute Gasteiger partial charge is 0.405 e. The molecule has 0 bridgehead atoms. The van der Waals surface area contributed by atoms with Gasteiger partial charge in [0.15, 0.2) is 0 Å². The fraction of sp³-hybridized carbons (Fsp3) is 0.308. The van der Waals surface area contributed by atoms with Crippen molar-refractivity contribution >= 4 is 23.3 Å². The first-order valence-electron chi connectivity index (χ1n) is 12.1. The van der Waals surface area contributed by atoms with E-state index < -0.39 is 24.3 Å². The van der Waals surface area contributed by atoms with Crippen LogP contribution in [0.25, 0.3) is 28.0 Å². The number of nitrogens with zero attached hydrogens (tertiary/aromatic N) is 4. The molecule has 4 aromatic rings. The van der Waals surface area contributed by atoms with Crippen LogP contribution in [-0.4, -0.2) is 49.9 Å². The van der Waals surface area contributed by atoms with E-state index in [1.54, 1.807) is 40.6 Å². The zero-order valence-electron chi connectivity index (χ0n) is 20.7. The summed E-state index contributed by atoms with van der Waals surface area (Å²) in [5.41, 5.74) is 3.33. The third-order valence-electron chi connectivity index (χ3n) is 6.34. The second kappa shape index (κ2) is 9.51. The lowest BCUT2D eigenvalue weighted by Crippen LogP contribution is -2.45. The van der Waals surface area contributed by atoms with Gasteiger partial charge in [0.05, 0.1) is 18.1 Å². The molecule has 0 unspecified atom stereocenters. The van der Waals surface area contributed by atoms with Crippen molar-refractivity contribution in [1.29, 1.82) is 0 Å². The van der Waals surface area contributed by atoms with Gasteiger partial charge in [-0.2, -0.15) is 18.3 Å². The summed E-state index contributed by atoms with van der Waals surface area (Å²) >= 11 is 0. The topological polar surface area (TPSA) is 105 Å². The van der Waals surface area contributed by atoms with Gasteiger partial charge in [-0.05, 0) is 56.5 Å². The first-order valence-corrected chi connectivity index (χ1v) is 12.1. The van der Waals surface area contributed by atoms with Crippen molar-refractivity contribution in [3.05, 3.63) is 61.2 Å². The van der Waals surface area contributed by atoms with Crippen molar-refractivity contribution in [2.24, 2.45) is 0 Å². The molecule has 1 fully saturated rings. The maximum Gasteiger partial charge on any atom is 0.405 e. The van der Waals surface area contributed by atoms with Crippen molar-refractivity contribution in [2.75, 3.05) is 11.9 Å². The predicted molar refractivity (Wildman–Crippen MR) is 135 cm³/mol. The highest BCUT2D eigenvalue weighted by atomic mass is 19.4. The number of aromatic nitrogens is 4. The minimum absolute atomic E-state index is 0.0717. The first kappa shape index (κ1) is 25.3. The molecule has 5 rings (SSSR count). The van der Waals surface area contributed by atoms with E-state index in [9.17, 15) is 22.8 Å². The first-order chi connectivity index (χ1) is 18.0. The second-order valence-corrected chi connectivity index (χ2v) is 9.77. The van der Waals surface area contributed by atoms with Crippen molar-refractivity contribution < 1.29 is 22.8 Å². The smallest absolute Gasteiger partial charge is 0.351 e. The number of imidazole rings is 1. The van der Waals surface area contributed by atoms with Crippen LogP contribution in [0, 0.1) is 0 Å². The number of nitrogens with one attached hydrogen (secondary N) is 3. The minimum atomic E-state index is -4.49. The summed E-state index contributed by atoms with van der Waals surface area (Å²) in [7, 11) is 0. The summed E-state index contributed by atoms with van der Waals surface area (Å²) < 4.78 is 40.6. The molecule has 3 N–H and O–H groups in total. The number of fused-ring (bicyclic) bond motifs is 1. The van der Waals surface area contributed by atoms with Crippen LogP contribution in [0.3, 0.4) is 0 Å². The van der Waals surface area contributed by atoms with Gasteiger partial charge in [-0.3, -0.25) is 13.9 Å². The summed E-state index contributed by atoms with van der Waals surface area (Å²) in [4.78, 5) is 29.0. The van der Waals surface area contributed by atoms with Crippen molar-refractivity contribution in [3.63, 3.8) is 0 Å². The Bertz CT molecular complexity index is 1500. The zero-order valence-corrected chi connectivity index (χ0v) is 20.7. The molecule has 38 heavy (non-hydrogen) atoms. The molecule has 1 aromatic carbocycles. The lowest BCUT2D eigenvalue weighted by atomic mass is 10.0. The monoisotopic (exact) mass is 525 g/mol. The van der Waals surface area contributed by atoms with Crippen LogP contribution in [0.4, 0.5) is 23.7 Å². The van der Waals surface area contributed by atoms with E-state index in [1.165, 1.54) is 0 Å². The van der Waals surface area contributed by atoms with Gasteiger partial charge >= 0.3 is 12.2 Å². The van der Waals surface area contributed by atoms with Gasteiger partial charge in [-0.1, -0.05) is 12.1 Å². The van der Waals surface area contributed by atoms with Gasteiger partial charge in [0.25, 0.3) is 0 Å².